The Morgan fingerprint density at radius 1 is 0.919 bits per heavy atom. The van der Waals surface area contributed by atoms with Gasteiger partial charge in [-0.05, 0) is 111 Å². The molecule has 0 aliphatic carbocycles. The largest absolute Gasteiger partial charge is 0.481 e. The molecular weight excluding hydrogens is 462 g/mol. The van der Waals surface area contributed by atoms with Crippen LogP contribution in [-0.4, -0.2) is 31.5 Å². The summed E-state index contributed by atoms with van der Waals surface area (Å²) in [6.07, 6.45) is 8.65. The fourth-order valence-electron chi connectivity index (χ4n) is 5.56. The van der Waals surface area contributed by atoms with Crippen LogP contribution in [0, 0.1) is 34.6 Å². The number of hydrogen-bond donors (Lipinski definition) is 1. The molecule has 0 amide bonds. The molecule has 1 N–H and O–H groups in total. The number of rotatable bonds is 8. The number of hydrogen-bond acceptors (Lipinski definition) is 4. The van der Waals surface area contributed by atoms with Crippen LogP contribution in [0.3, 0.4) is 0 Å². The van der Waals surface area contributed by atoms with Gasteiger partial charge < -0.3 is 5.11 Å². The van der Waals surface area contributed by atoms with Gasteiger partial charge in [0, 0.05) is 35.2 Å². The lowest BCUT2D eigenvalue weighted by Crippen LogP contribution is -2.20. The lowest BCUT2D eigenvalue weighted by molar-refractivity contribution is -0.136. The first-order valence-corrected chi connectivity index (χ1v) is 12.9. The van der Waals surface area contributed by atoms with Crippen LogP contribution in [-0.2, 0) is 30.5 Å². The maximum atomic E-state index is 14.2. The Labute approximate surface area is 218 Å². The zero-order valence-electron chi connectivity index (χ0n) is 22.6. The van der Waals surface area contributed by atoms with Crippen molar-refractivity contribution in [1.82, 2.24) is 14.5 Å². The second-order valence-electron chi connectivity index (χ2n) is 9.95. The molecule has 0 saturated heterocycles. The molecule has 0 unspecified atom stereocenters. The number of aromatic nitrogens is 3. The van der Waals surface area contributed by atoms with E-state index < -0.39 is 5.97 Å². The minimum Gasteiger partial charge on any atom is -0.481 e. The topological polar surface area (TPSA) is 85.1 Å². The van der Waals surface area contributed by atoms with Gasteiger partial charge in [-0.3, -0.25) is 24.1 Å². The lowest BCUT2D eigenvalue weighted by Gasteiger charge is -2.21. The summed E-state index contributed by atoms with van der Waals surface area (Å²) in [6.45, 7) is 12.3. The summed E-state index contributed by atoms with van der Waals surface area (Å²) in [4.78, 5) is 34.0. The predicted octanol–water partition coefficient (Wildman–Crippen LogP) is 6.03. The fraction of sp³-hybridized carbons (Fsp3) is 0.355. The van der Waals surface area contributed by atoms with E-state index in [1.165, 1.54) is 16.7 Å². The molecule has 4 rings (SSSR count). The van der Waals surface area contributed by atoms with Gasteiger partial charge in [0.1, 0.15) is 0 Å². The van der Waals surface area contributed by atoms with Crippen molar-refractivity contribution in [2.24, 2.45) is 0 Å². The zero-order chi connectivity index (χ0) is 26.9. The van der Waals surface area contributed by atoms with Gasteiger partial charge in [0.05, 0.1) is 17.6 Å². The quantitative estimate of drug-likeness (QED) is 0.321. The van der Waals surface area contributed by atoms with Crippen LogP contribution in [0.25, 0.3) is 10.9 Å². The van der Waals surface area contributed by atoms with E-state index in [0.29, 0.717) is 6.42 Å². The van der Waals surface area contributed by atoms with Crippen LogP contribution < -0.4 is 0 Å². The van der Waals surface area contributed by atoms with Crippen molar-refractivity contribution in [2.75, 3.05) is 0 Å². The van der Waals surface area contributed by atoms with Gasteiger partial charge in [-0.15, -0.1) is 0 Å². The van der Waals surface area contributed by atoms with Crippen LogP contribution in [0.15, 0.2) is 36.8 Å². The Hall–Kier alpha value is -3.80. The van der Waals surface area contributed by atoms with Crippen LogP contribution in [0.2, 0.25) is 0 Å². The zero-order valence-corrected chi connectivity index (χ0v) is 22.6. The van der Waals surface area contributed by atoms with Gasteiger partial charge in [-0.2, -0.15) is 0 Å². The molecule has 2 aromatic carbocycles. The molecule has 6 heteroatoms. The first-order chi connectivity index (χ1) is 17.6. The van der Waals surface area contributed by atoms with E-state index in [9.17, 15) is 14.7 Å². The van der Waals surface area contributed by atoms with E-state index in [2.05, 4.69) is 37.7 Å². The molecule has 6 nitrogen and oxygen atoms in total. The second kappa shape index (κ2) is 10.7. The number of carbonyl (C=O) groups is 2. The lowest BCUT2D eigenvalue weighted by atomic mass is 9.86. The maximum absolute atomic E-state index is 14.2. The summed E-state index contributed by atoms with van der Waals surface area (Å²) in [5.74, 6) is -0.882. The second-order valence-corrected chi connectivity index (χ2v) is 9.95. The van der Waals surface area contributed by atoms with Gasteiger partial charge in [0.15, 0.2) is 0 Å². The minimum atomic E-state index is -0.862. The molecule has 0 spiro atoms. The number of carboxylic acids is 1. The highest BCUT2D eigenvalue weighted by atomic mass is 16.4. The third-order valence-corrected chi connectivity index (χ3v) is 7.61. The summed E-state index contributed by atoms with van der Waals surface area (Å²) < 4.78 is 1.84. The predicted molar refractivity (Wildman–Crippen MR) is 147 cm³/mol. The number of carboxylic acid groups (broad SMARTS) is 1. The molecule has 0 aliphatic rings. The number of fused-ring (bicyclic) bond motifs is 1. The van der Waals surface area contributed by atoms with Gasteiger partial charge in [-0.25, -0.2) is 0 Å². The highest BCUT2D eigenvalue weighted by molar-refractivity contribution is 6.06. The molecule has 2 aromatic heterocycles. The van der Waals surface area contributed by atoms with Crippen LogP contribution in [0.5, 0.6) is 0 Å². The first-order valence-electron chi connectivity index (χ1n) is 12.9. The van der Waals surface area contributed by atoms with E-state index >= 15 is 0 Å². The van der Waals surface area contributed by atoms with Crippen molar-refractivity contribution >= 4 is 22.8 Å². The summed E-state index contributed by atoms with van der Waals surface area (Å²) in [5.41, 5.74) is 10.9. The molecule has 0 aliphatic heterocycles. The van der Waals surface area contributed by atoms with Crippen molar-refractivity contribution in [3.63, 3.8) is 0 Å². The molecule has 0 bridgehead atoms. The molecule has 0 radical (unpaired) electrons. The van der Waals surface area contributed by atoms with Gasteiger partial charge in [0.25, 0.3) is 5.91 Å². The van der Waals surface area contributed by atoms with Crippen molar-refractivity contribution in [2.45, 2.75) is 73.6 Å². The molecule has 2 heterocycles. The van der Waals surface area contributed by atoms with E-state index in [1.54, 1.807) is 12.4 Å². The van der Waals surface area contributed by atoms with E-state index in [4.69, 9.17) is 0 Å². The van der Waals surface area contributed by atoms with Crippen molar-refractivity contribution in [1.29, 1.82) is 0 Å². The minimum absolute atomic E-state index is 0.0201. The summed E-state index contributed by atoms with van der Waals surface area (Å²) in [7, 11) is 0. The van der Waals surface area contributed by atoms with Crippen molar-refractivity contribution in [3.05, 3.63) is 92.7 Å². The molecule has 4 aromatic rings. The summed E-state index contributed by atoms with van der Waals surface area (Å²) >= 11 is 0. The number of benzene rings is 2. The van der Waals surface area contributed by atoms with Crippen LogP contribution in [0.4, 0.5) is 0 Å². The highest BCUT2D eigenvalue weighted by Gasteiger charge is 2.24. The third kappa shape index (κ3) is 5.06. The normalized spacial score (nSPS) is 11.3. The number of carbonyl (C=O) groups excluding carboxylic acids is 1. The smallest absolute Gasteiger partial charge is 0.307 e. The molecular formula is C31H35N3O3. The molecule has 0 fully saturated rings. The Morgan fingerprint density at radius 3 is 2.22 bits per heavy atom. The SMILES string of the molecule is CCc1cc2cc(CC(=O)O)cc(C)c2n1C(=O)c1c(C)c(C)c(CCCc2cnccn2)c(C)c1C. The monoisotopic (exact) mass is 497 g/mol. The van der Waals surface area contributed by atoms with Gasteiger partial charge in [0.2, 0.25) is 0 Å². The summed E-state index contributed by atoms with van der Waals surface area (Å²) in [5, 5.41) is 10.2. The Bertz CT molecular complexity index is 1470. The maximum Gasteiger partial charge on any atom is 0.307 e. The number of aliphatic carboxylic acids is 1. The average molecular weight is 498 g/mol. The fourth-order valence-corrected chi connectivity index (χ4v) is 5.56. The molecule has 192 valence electrons. The van der Waals surface area contributed by atoms with E-state index in [0.717, 1.165) is 69.4 Å². The Kier molecular flexibility index (Phi) is 7.58. The van der Waals surface area contributed by atoms with E-state index in [-0.39, 0.29) is 12.3 Å². The number of nitrogens with zero attached hydrogens (tertiary/aromatic N) is 3. The van der Waals surface area contributed by atoms with Gasteiger partial charge in [-0.1, -0.05) is 13.0 Å². The van der Waals surface area contributed by atoms with Crippen molar-refractivity contribution < 1.29 is 14.7 Å². The van der Waals surface area contributed by atoms with E-state index in [1.807, 2.05) is 42.8 Å². The first kappa shape index (κ1) is 26.3. The Balaban J connectivity index is 1.75. The molecule has 37 heavy (non-hydrogen) atoms. The average Bonchev–Trinajstić information content (AvgIpc) is 3.24. The third-order valence-electron chi connectivity index (χ3n) is 7.61. The molecule has 0 saturated carbocycles. The van der Waals surface area contributed by atoms with Crippen LogP contribution in [0.1, 0.15) is 74.0 Å². The standard InChI is InChI=1S/C31H35N3O3/c1-7-26-16-24-14-23(15-28(35)36)13-18(2)30(24)34(26)31(37)29-21(5)19(3)27(20(4)22(29)6)10-8-9-25-17-32-11-12-33-25/h11-14,16-17H,7-10,15H2,1-6H3,(H,35,36). The Morgan fingerprint density at radius 2 is 1.62 bits per heavy atom. The van der Waals surface area contributed by atoms with Gasteiger partial charge >= 0.3 is 5.97 Å². The summed E-state index contributed by atoms with van der Waals surface area (Å²) in [6, 6.07) is 5.81. The number of aryl methyl sites for hydroxylation is 3. The molecule has 0 atom stereocenters. The van der Waals surface area contributed by atoms with Crippen molar-refractivity contribution in [3.8, 4) is 0 Å². The highest BCUT2D eigenvalue weighted by Crippen LogP contribution is 2.32. The van der Waals surface area contributed by atoms with Crippen LogP contribution >= 0.6 is 0 Å².